The minimum absolute atomic E-state index is 0.940. The second-order valence-corrected chi connectivity index (χ2v) is 12.9. The van der Waals surface area contributed by atoms with Crippen molar-refractivity contribution in [1.82, 2.24) is 0 Å². The third-order valence-electron chi connectivity index (χ3n) is 8.77. The van der Waals surface area contributed by atoms with Gasteiger partial charge in [0.1, 0.15) is 0 Å². The van der Waals surface area contributed by atoms with Gasteiger partial charge in [0.05, 0.1) is 0 Å². The molecule has 0 nitrogen and oxygen atoms in total. The molecule has 4 fully saturated rings. The molecule has 0 N–H and O–H groups in total. The molecule has 4 aliphatic rings. The summed E-state index contributed by atoms with van der Waals surface area (Å²) in [6.07, 6.45) is 8.80. The predicted octanol–water partition coefficient (Wildman–Crippen LogP) is 9.97. The standard InChI is InChI=1S/2C8H16.2C7H14/c2*1-4-7-5-8(7)6(2)3;2*1-5(2)7-4-6(7)3/h2*6-8H,4-5H2,1-3H3;2*5-7H,4H2,1-3H3. The minimum Gasteiger partial charge on any atom is -0.0651 e. The molecule has 4 aliphatic carbocycles. The Morgan fingerprint density at radius 3 is 0.733 bits per heavy atom. The molecule has 0 aromatic heterocycles. The molecule has 8 atom stereocenters. The van der Waals surface area contributed by atoms with Gasteiger partial charge in [-0.05, 0) is 96.7 Å². The first-order chi connectivity index (χ1) is 13.9. The van der Waals surface area contributed by atoms with Gasteiger partial charge in [0.15, 0.2) is 0 Å². The molecule has 0 radical (unpaired) electrons. The maximum absolute atomic E-state index is 2.34. The third-order valence-corrected chi connectivity index (χ3v) is 8.77. The van der Waals surface area contributed by atoms with Gasteiger partial charge in [-0.15, -0.1) is 0 Å². The van der Waals surface area contributed by atoms with Crippen LogP contribution in [0.3, 0.4) is 0 Å². The van der Waals surface area contributed by atoms with Crippen molar-refractivity contribution in [3.63, 3.8) is 0 Å². The molecule has 4 rings (SSSR count). The average molecular weight is 421 g/mol. The molecule has 0 amide bonds. The second-order valence-electron chi connectivity index (χ2n) is 12.9. The number of rotatable bonds is 6. The first kappa shape index (κ1) is 28.0. The fourth-order valence-electron chi connectivity index (χ4n) is 5.67. The van der Waals surface area contributed by atoms with Crippen LogP contribution in [0, 0.1) is 71.0 Å². The summed E-state index contributed by atoms with van der Waals surface area (Å²) in [6, 6.07) is 0. The summed E-state index contributed by atoms with van der Waals surface area (Å²) >= 11 is 0. The Balaban J connectivity index is 0.000000200. The third kappa shape index (κ3) is 10.5. The van der Waals surface area contributed by atoms with Crippen LogP contribution in [0.5, 0.6) is 0 Å². The van der Waals surface area contributed by atoms with Gasteiger partial charge in [-0.2, -0.15) is 0 Å². The average Bonchev–Trinajstić information content (AvgIpc) is 3.50. The fraction of sp³-hybridized carbons (Fsp3) is 1.00. The highest BCUT2D eigenvalue weighted by molar-refractivity contribution is 4.87. The van der Waals surface area contributed by atoms with Gasteiger partial charge in [0, 0.05) is 0 Å². The lowest BCUT2D eigenvalue weighted by atomic mass is 10.1. The van der Waals surface area contributed by atoms with Crippen LogP contribution in [0.15, 0.2) is 0 Å². The van der Waals surface area contributed by atoms with Crippen LogP contribution in [0.4, 0.5) is 0 Å². The molecule has 0 bridgehead atoms. The highest BCUT2D eigenvalue weighted by Gasteiger charge is 2.38. The molecule has 0 aromatic rings. The second kappa shape index (κ2) is 12.9. The molecule has 8 unspecified atom stereocenters. The van der Waals surface area contributed by atoms with E-state index in [-0.39, 0.29) is 0 Å². The Kier molecular flexibility index (Phi) is 12.0. The van der Waals surface area contributed by atoms with Gasteiger partial charge < -0.3 is 0 Å². The lowest BCUT2D eigenvalue weighted by Crippen LogP contribution is -1.90. The van der Waals surface area contributed by atoms with Crippen LogP contribution >= 0.6 is 0 Å². The van der Waals surface area contributed by atoms with E-state index in [0.29, 0.717) is 0 Å². The maximum Gasteiger partial charge on any atom is -0.0360 e. The molecule has 0 aliphatic heterocycles. The summed E-state index contributed by atoms with van der Waals surface area (Å²) in [4.78, 5) is 0. The van der Waals surface area contributed by atoms with Gasteiger partial charge in [-0.3, -0.25) is 0 Å². The van der Waals surface area contributed by atoms with Crippen LogP contribution in [0.1, 0.15) is 122 Å². The van der Waals surface area contributed by atoms with Crippen LogP contribution in [-0.4, -0.2) is 0 Å². The van der Waals surface area contributed by atoms with E-state index in [1.165, 1.54) is 38.5 Å². The molecule has 0 heteroatoms. The zero-order valence-corrected chi connectivity index (χ0v) is 23.2. The fourth-order valence-corrected chi connectivity index (χ4v) is 5.67. The summed E-state index contributed by atoms with van der Waals surface area (Å²) in [7, 11) is 0. The van der Waals surface area contributed by atoms with E-state index in [2.05, 4.69) is 83.1 Å². The summed E-state index contributed by atoms with van der Waals surface area (Å²) < 4.78 is 0. The van der Waals surface area contributed by atoms with Crippen LogP contribution in [0.2, 0.25) is 0 Å². The number of hydrogen-bond acceptors (Lipinski definition) is 0. The van der Waals surface area contributed by atoms with Gasteiger partial charge in [-0.1, -0.05) is 95.9 Å². The first-order valence-electron chi connectivity index (χ1n) is 13.9. The van der Waals surface area contributed by atoms with Crippen molar-refractivity contribution in [1.29, 1.82) is 0 Å². The van der Waals surface area contributed by atoms with Crippen molar-refractivity contribution in [2.24, 2.45) is 71.0 Å². The number of hydrogen-bond donors (Lipinski definition) is 0. The first-order valence-corrected chi connectivity index (χ1v) is 13.9. The Labute approximate surface area is 192 Å². The highest BCUT2D eigenvalue weighted by atomic mass is 14.4. The monoisotopic (exact) mass is 420 g/mol. The van der Waals surface area contributed by atoms with E-state index in [9.17, 15) is 0 Å². The Hall–Kier alpha value is 0. The smallest absolute Gasteiger partial charge is 0.0360 e. The van der Waals surface area contributed by atoms with Crippen molar-refractivity contribution in [3.05, 3.63) is 0 Å². The predicted molar refractivity (Wildman–Crippen MR) is 138 cm³/mol. The largest absolute Gasteiger partial charge is 0.0651 e. The minimum atomic E-state index is 0.940. The molecular formula is C30H60. The summed E-state index contributed by atoms with van der Waals surface area (Å²) in [5, 5.41) is 0. The van der Waals surface area contributed by atoms with Crippen molar-refractivity contribution in [2.45, 2.75) is 122 Å². The van der Waals surface area contributed by atoms with Crippen LogP contribution in [0.25, 0.3) is 0 Å². The molecule has 0 aromatic carbocycles. The van der Waals surface area contributed by atoms with E-state index < -0.39 is 0 Å². The zero-order chi connectivity index (χ0) is 23.2. The van der Waals surface area contributed by atoms with Crippen LogP contribution in [-0.2, 0) is 0 Å². The molecule has 0 saturated heterocycles. The lowest BCUT2D eigenvalue weighted by Gasteiger charge is -1.98. The van der Waals surface area contributed by atoms with Gasteiger partial charge in [0.25, 0.3) is 0 Å². The maximum atomic E-state index is 2.34. The van der Waals surface area contributed by atoms with Gasteiger partial charge in [-0.25, -0.2) is 0 Å². The lowest BCUT2D eigenvalue weighted by molar-refractivity contribution is 0.512. The normalized spacial score (nSPS) is 37.6. The quantitative estimate of drug-likeness (QED) is 0.401. The Bertz CT molecular complexity index is 403. The summed E-state index contributed by atoms with van der Waals surface area (Å²) in [6.45, 7) is 27.9. The molecule has 0 spiro atoms. The molecule has 0 heterocycles. The van der Waals surface area contributed by atoms with E-state index in [1.54, 1.807) is 0 Å². The zero-order valence-electron chi connectivity index (χ0n) is 23.2. The van der Waals surface area contributed by atoms with Crippen molar-refractivity contribution >= 4 is 0 Å². The van der Waals surface area contributed by atoms with Gasteiger partial charge >= 0.3 is 0 Å². The highest BCUT2D eigenvalue weighted by Crippen LogP contribution is 2.46. The van der Waals surface area contributed by atoms with E-state index >= 15 is 0 Å². The SMILES string of the molecule is CC(C)C1CC1C.CC(C)C1CC1C.CCC1CC1C(C)C.CCC1CC1C(C)C. The van der Waals surface area contributed by atoms with Crippen LogP contribution < -0.4 is 0 Å². The van der Waals surface area contributed by atoms with Crippen molar-refractivity contribution in [3.8, 4) is 0 Å². The summed E-state index contributed by atoms with van der Waals surface area (Å²) in [5.74, 6) is 12.3. The van der Waals surface area contributed by atoms with Gasteiger partial charge in [0.2, 0.25) is 0 Å². The molecule has 30 heavy (non-hydrogen) atoms. The molecular weight excluding hydrogens is 360 g/mol. The van der Waals surface area contributed by atoms with E-state index in [1.807, 2.05) is 0 Å². The Morgan fingerprint density at radius 2 is 0.700 bits per heavy atom. The molecule has 180 valence electrons. The van der Waals surface area contributed by atoms with Crippen molar-refractivity contribution < 1.29 is 0 Å². The van der Waals surface area contributed by atoms with E-state index in [0.717, 1.165) is 71.0 Å². The summed E-state index contributed by atoms with van der Waals surface area (Å²) in [5.41, 5.74) is 0. The van der Waals surface area contributed by atoms with Crippen molar-refractivity contribution in [2.75, 3.05) is 0 Å². The Morgan fingerprint density at radius 1 is 0.467 bits per heavy atom. The van der Waals surface area contributed by atoms with E-state index in [4.69, 9.17) is 0 Å². The molecule has 4 saturated carbocycles. The topological polar surface area (TPSA) is 0 Å².